The third kappa shape index (κ3) is 4.54. The lowest BCUT2D eigenvalue weighted by Gasteiger charge is -2.36. The number of carbonyl (C=O) groups excluding carboxylic acids is 2. The molecule has 1 saturated heterocycles. The molecule has 180 valence electrons. The third-order valence-electron chi connectivity index (χ3n) is 7.15. The Bertz CT molecular complexity index is 1200. The molecule has 6 nitrogen and oxygen atoms in total. The molecule has 0 aliphatic carbocycles. The summed E-state index contributed by atoms with van der Waals surface area (Å²) in [6, 6.07) is 23.0. The normalized spacial score (nSPS) is 16.8. The van der Waals surface area contributed by atoms with E-state index >= 15 is 0 Å². The van der Waals surface area contributed by atoms with Crippen LogP contribution in [0.3, 0.4) is 0 Å². The van der Waals surface area contributed by atoms with Crippen molar-refractivity contribution in [3.63, 3.8) is 0 Å². The van der Waals surface area contributed by atoms with Gasteiger partial charge in [0.05, 0.1) is 12.5 Å². The van der Waals surface area contributed by atoms with E-state index in [0.717, 1.165) is 41.1 Å². The summed E-state index contributed by atoms with van der Waals surface area (Å²) in [6.45, 7) is 1.77. The highest BCUT2D eigenvalue weighted by molar-refractivity contribution is 6.07. The van der Waals surface area contributed by atoms with Crippen LogP contribution in [0.15, 0.2) is 72.8 Å². The second-order valence-electron chi connectivity index (χ2n) is 9.15. The van der Waals surface area contributed by atoms with Crippen LogP contribution in [0.25, 0.3) is 0 Å². The molecule has 2 amide bonds. The summed E-state index contributed by atoms with van der Waals surface area (Å²) >= 11 is 0. The van der Waals surface area contributed by atoms with Crippen LogP contribution in [0.4, 0.5) is 11.4 Å². The van der Waals surface area contributed by atoms with Gasteiger partial charge in [0.1, 0.15) is 5.75 Å². The first-order valence-corrected chi connectivity index (χ1v) is 12.1. The fraction of sp³-hybridized carbons (Fsp3) is 0.310. The first-order chi connectivity index (χ1) is 17.1. The summed E-state index contributed by atoms with van der Waals surface area (Å²) in [6.07, 6.45) is 3.00. The van der Waals surface area contributed by atoms with E-state index in [9.17, 15) is 9.59 Å². The predicted octanol–water partition coefficient (Wildman–Crippen LogP) is 4.98. The van der Waals surface area contributed by atoms with Crippen LogP contribution >= 0.6 is 0 Å². The van der Waals surface area contributed by atoms with Gasteiger partial charge in [-0.3, -0.25) is 9.59 Å². The molecular weight excluding hydrogens is 440 g/mol. The van der Waals surface area contributed by atoms with Crippen molar-refractivity contribution < 1.29 is 19.1 Å². The molecule has 3 aromatic rings. The van der Waals surface area contributed by atoms with Crippen molar-refractivity contribution >= 4 is 23.2 Å². The first kappa shape index (κ1) is 23.1. The van der Waals surface area contributed by atoms with Crippen molar-refractivity contribution in [1.82, 2.24) is 0 Å². The average molecular weight is 471 g/mol. The number of ether oxygens (including phenoxy) is 2. The maximum absolute atomic E-state index is 13.7. The molecule has 6 heteroatoms. The van der Waals surface area contributed by atoms with Gasteiger partial charge < -0.3 is 19.7 Å². The van der Waals surface area contributed by atoms with E-state index in [2.05, 4.69) is 5.32 Å². The molecule has 0 spiro atoms. The van der Waals surface area contributed by atoms with Gasteiger partial charge in [0, 0.05) is 36.7 Å². The molecule has 2 aliphatic heterocycles. The minimum atomic E-state index is -0.657. The number of hydrogen-bond acceptors (Lipinski definition) is 4. The Morgan fingerprint density at radius 3 is 2.43 bits per heavy atom. The van der Waals surface area contributed by atoms with Crippen LogP contribution in [0.2, 0.25) is 0 Å². The van der Waals surface area contributed by atoms with Gasteiger partial charge in [-0.2, -0.15) is 0 Å². The molecule has 1 fully saturated rings. The number of aryl methyl sites for hydroxylation is 1. The zero-order valence-electron chi connectivity index (χ0n) is 20.0. The van der Waals surface area contributed by atoms with Gasteiger partial charge in [-0.1, -0.05) is 30.3 Å². The number of nitrogens with zero attached hydrogens (tertiary/aromatic N) is 1. The molecular formula is C29H30N2O4. The molecule has 0 radical (unpaired) electrons. The van der Waals surface area contributed by atoms with Crippen molar-refractivity contribution in [3.05, 3.63) is 89.5 Å². The Balaban J connectivity index is 1.39. The summed E-state index contributed by atoms with van der Waals surface area (Å²) in [5.74, 6) is 0.739. The molecule has 2 heterocycles. The van der Waals surface area contributed by atoms with Gasteiger partial charge in [-0.15, -0.1) is 0 Å². The zero-order valence-corrected chi connectivity index (χ0v) is 20.0. The molecule has 0 unspecified atom stereocenters. The summed E-state index contributed by atoms with van der Waals surface area (Å²) < 4.78 is 10.9. The van der Waals surface area contributed by atoms with Crippen molar-refractivity contribution in [2.75, 3.05) is 37.1 Å². The van der Waals surface area contributed by atoms with Gasteiger partial charge in [0.2, 0.25) is 5.91 Å². The number of carbonyl (C=O) groups is 2. The Labute approximate surface area is 205 Å². The zero-order chi connectivity index (χ0) is 24.3. The maximum Gasteiger partial charge on any atom is 0.258 e. The van der Waals surface area contributed by atoms with Crippen LogP contribution in [-0.2, 0) is 21.4 Å². The monoisotopic (exact) mass is 470 g/mol. The lowest BCUT2D eigenvalue weighted by molar-refractivity contribution is -0.125. The van der Waals surface area contributed by atoms with E-state index in [-0.39, 0.29) is 11.8 Å². The summed E-state index contributed by atoms with van der Waals surface area (Å²) in [5.41, 5.74) is 3.73. The van der Waals surface area contributed by atoms with Crippen molar-refractivity contribution in [2.24, 2.45) is 0 Å². The topological polar surface area (TPSA) is 67.9 Å². The van der Waals surface area contributed by atoms with E-state index in [1.807, 2.05) is 77.7 Å². The number of fused-ring (bicyclic) bond motifs is 1. The fourth-order valence-corrected chi connectivity index (χ4v) is 5.15. The van der Waals surface area contributed by atoms with E-state index in [1.54, 1.807) is 7.11 Å². The number of benzene rings is 3. The molecule has 1 N–H and O–H groups in total. The average Bonchev–Trinajstić information content (AvgIpc) is 2.93. The molecule has 0 atom stereocenters. The number of methoxy groups -OCH3 is 1. The van der Waals surface area contributed by atoms with Crippen LogP contribution < -0.4 is 15.0 Å². The third-order valence-corrected chi connectivity index (χ3v) is 7.15. The summed E-state index contributed by atoms with van der Waals surface area (Å²) in [4.78, 5) is 28.7. The van der Waals surface area contributed by atoms with Crippen molar-refractivity contribution in [2.45, 2.75) is 31.1 Å². The molecule has 3 aromatic carbocycles. The molecule has 0 saturated carbocycles. The van der Waals surface area contributed by atoms with Crippen molar-refractivity contribution in [3.8, 4) is 5.75 Å². The summed E-state index contributed by atoms with van der Waals surface area (Å²) in [7, 11) is 1.64. The van der Waals surface area contributed by atoms with Gasteiger partial charge in [0.25, 0.3) is 5.91 Å². The van der Waals surface area contributed by atoms with E-state index < -0.39 is 5.41 Å². The molecule has 0 bridgehead atoms. The lowest BCUT2D eigenvalue weighted by Crippen LogP contribution is -2.44. The predicted molar refractivity (Wildman–Crippen MR) is 136 cm³/mol. The van der Waals surface area contributed by atoms with E-state index in [0.29, 0.717) is 38.2 Å². The Hall–Kier alpha value is -3.64. The van der Waals surface area contributed by atoms with Crippen LogP contribution in [0.5, 0.6) is 5.75 Å². The van der Waals surface area contributed by atoms with E-state index in [1.165, 1.54) is 0 Å². The van der Waals surface area contributed by atoms with E-state index in [4.69, 9.17) is 9.47 Å². The quantitative estimate of drug-likeness (QED) is 0.571. The van der Waals surface area contributed by atoms with Crippen LogP contribution in [-0.4, -0.2) is 38.7 Å². The highest BCUT2D eigenvalue weighted by Crippen LogP contribution is 2.38. The van der Waals surface area contributed by atoms with Gasteiger partial charge in [-0.25, -0.2) is 0 Å². The molecule has 5 rings (SSSR count). The standard InChI is InChI=1S/C29H30N2O4/c1-34-25-12-9-23(10-13-25)29(15-18-35-19-16-29)28(33)30-24-11-14-26-22(20-24)8-5-17-31(26)27(32)21-6-3-2-4-7-21/h2-4,6-7,9-14,20H,5,8,15-19H2,1H3,(H,30,33). The second-order valence-corrected chi connectivity index (χ2v) is 9.15. The first-order valence-electron chi connectivity index (χ1n) is 12.1. The number of hydrogen-bond donors (Lipinski definition) is 1. The molecule has 35 heavy (non-hydrogen) atoms. The number of nitrogens with one attached hydrogen (secondary N) is 1. The van der Waals surface area contributed by atoms with Gasteiger partial charge >= 0.3 is 0 Å². The Morgan fingerprint density at radius 1 is 0.971 bits per heavy atom. The second kappa shape index (κ2) is 9.92. The molecule has 2 aliphatic rings. The number of rotatable bonds is 5. The van der Waals surface area contributed by atoms with Gasteiger partial charge in [-0.05, 0) is 79.3 Å². The lowest BCUT2D eigenvalue weighted by atomic mass is 9.73. The number of anilines is 2. The smallest absolute Gasteiger partial charge is 0.258 e. The van der Waals surface area contributed by atoms with Crippen molar-refractivity contribution in [1.29, 1.82) is 0 Å². The molecule has 0 aromatic heterocycles. The Morgan fingerprint density at radius 2 is 1.71 bits per heavy atom. The SMILES string of the molecule is COc1ccc(C2(C(=O)Nc3ccc4c(c3)CCCN4C(=O)c3ccccc3)CCOCC2)cc1. The van der Waals surface area contributed by atoms with Crippen LogP contribution in [0, 0.1) is 0 Å². The fourth-order valence-electron chi connectivity index (χ4n) is 5.15. The largest absolute Gasteiger partial charge is 0.497 e. The Kier molecular flexibility index (Phi) is 6.55. The minimum absolute atomic E-state index is 0.00370. The minimum Gasteiger partial charge on any atom is -0.497 e. The van der Waals surface area contributed by atoms with Crippen LogP contribution in [0.1, 0.15) is 40.7 Å². The highest BCUT2D eigenvalue weighted by Gasteiger charge is 2.42. The highest BCUT2D eigenvalue weighted by atomic mass is 16.5. The van der Waals surface area contributed by atoms with Gasteiger partial charge in [0.15, 0.2) is 0 Å². The summed E-state index contributed by atoms with van der Waals surface area (Å²) in [5, 5.41) is 3.18. The number of amides is 2. The maximum atomic E-state index is 13.7.